The minimum absolute atomic E-state index is 0.0106. The van der Waals surface area contributed by atoms with Crippen LogP contribution < -0.4 is 20.9 Å². The third-order valence-corrected chi connectivity index (χ3v) is 7.44. The number of ether oxygens (including phenoxy) is 1. The summed E-state index contributed by atoms with van der Waals surface area (Å²) in [6.07, 6.45) is 1.95. The zero-order valence-electron chi connectivity index (χ0n) is 20.4. The van der Waals surface area contributed by atoms with E-state index in [1.165, 1.54) is 22.9 Å². The van der Waals surface area contributed by atoms with Gasteiger partial charge >= 0.3 is 0 Å². The van der Waals surface area contributed by atoms with Crippen LogP contribution in [0.3, 0.4) is 0 Å². The van der Waals surface area contributed by atoms with Crippen LogP contribution in [-0.4, -0.2) is 43.0 Å². The van der Waals surface area contributed by atoms with Crippen LogP contribution in [-0.2, 0) is 27.8 Å². The lowest BCUT2D eigenvalue weighted by molar-refractivity contribution is -0.118. The average Bonchev–Trinajstić information content (AvgIpc) is 2.91. The molecule has 0 fully saturated rings. The van der Waals surface area contributed by atoms with Crippen LogP contribution in [0.4, 0.5) is 0 Å². The molecule has 0 bridgehead atoms. The number of hydrazone groups is 1. The molecule has 0 atom stereocenters. The van der Waals surface area contributed by atoms with Crippen LogP contribution in [0.2, 0.25) is 0 Å². The van der Waals surface area contributed by atoms with Crippen LogP contribution in [0.25, 0.3) is 10.9 Å². The highest BCUT2D eigenvalue weighted by atomic mass is 32.2. The Morgan fingerprint density at radius 3 is 2.63 bits per heavy atom. The molecule has 4 rings (SSSR count). The summed E-state index contributed by atoms with van der Waals surface area (Å²) < 4.78 is 29.7. The van der Waals surface area contributed by atoms with E-state index >= 15 is 0 Å². The molecule has 1 amide bonds. The number of nitrogens with two attached hydrogens (primary N) is 1. The predicted octanol–water partition coefficient (Wildman–Crippen LogP) is 2.54. The fraction of sp³-hybridized carbons (Fsp3) is 0.154. The number of methoxy groups -OCH3 is 1. The van der Waals surface area contributed by atoms with Gasteiger partial charge in [-0.2, -0.15) is 5.10 Å². The van der Waals surface area contributed by atoms with Crippen molar-refractivity contribution in [3.05, 3.63) is 94.3 Å². The topological polar surface area (TPSA) is 146 Å². The highest BCUT2D eigenvalue weighted by Gasteiger charge is 2.14. The molecule has 0 unspecified atom stereocenters. The largest absolute Gasteiger partial charge is 0.497 e. The number of aromatic nitrogens is 2. The fourth-order valence-electron chi connectivity index (χ4n) is 3.60. The summed E-state index contributed by atoms with van der Waals surface area (Å²) >= 11 is 1.13. The number of benzene rings is 3. The second kappa shape index (κ2) is 12.0. The molecule has 0 radical (unpaired) electrons. The lowest BCUT2D eigenvalue weighted by Gasteiger charge is -2.13. The van der Waals surface area contributed by atoms with Crippen LogP contribution in [0.1, 0.15) is 11.1 Å². The highest BCUT2D eigenvalue weighted by molar-refractivity contribution is 7.99. The monoisotopic (exact) mass is 551 g/mol. The number of carbonyl (C=O) groups excluding carboxylic acids is 1. The second-order valence-electron chi connectivity index (χ2n) is 8.17. The van der Waals surface area contributed by atoms with Crippen molar-refractivity contribution in [2.24, 2.45) is 10.2 Å². The van der Waals surface area contributed by atoms with E-state index in [1.54, 1.807) is 49.6 Å². The van der Waals surface area contributed by atoms with Gasteiger partial charge in [0, 0.05) is 6.54 Å². The Balaban J connectivity index is 1.48. The molecular formula is C26H25N5O5S2. The predicted molar refractivity (Wildman–Crippen MR) is 147 cm³/mol. The molecule has 12 heteroatoms. The number of nitrogens with one attached hydrogen (secondary N) is 1. The number of hydrogen-bond acceptors (Lipinski definition) is 8. The Labute approximate surface area is 223 Å². The van der Waals surface area contributed by atoms with Crippen LogP contribution in [0.5, 0.6) is 5.75 Å². The number of rotatable bonds is 10. The standard InChI is InChI=1S/C26H25N5O5S2/c1-36-20-6-4-5-19(15-20)16-28-30-24(32)17-37-26-29-23-8-3-2-7-22(23)25(33)31(26)14-13-18-9-11-21(12-10-18)38(27,34)35/h2-12,15-16H,13-14,17H2,1H3,(H,30,32)(H2,27,34,35)/b28-16+. The van der Waals surface area contributed by atoms with Crippen molar-refractivity contribution in [2.75, 3.05) is 12.9 Å². The first-order valence-electron chi connectivity index (χ1n) is 11.4. The molecule has 4 aromatic rings. The molecule has 3 N–H and O–H groups in total. The summed E-state index contributed by atoms with van der Waals surface area (Å²) in [6, 6.07) is 20.4. The zero-order valence-corrected chi connectivity index (χ0v) is 22.0. The molecule has 1 aromatic heterocycles. The van der Waals surface area contributed by atoms with Gasteiger partial charge in [0.25, 0.3) is 11.5 Å². The summed E-state index contributed by atoms with van der Waals surface area (Å²) in [5.41, 5.74) is 4.37. The number of fused-ring (bicyclic) bond motifs is 1. The molecule has 1 heterocycles. The van der Waals surface area contributed by atoms with E-state index < -0.39 is 10.0 Å². The Morgan fingerprint density at radius 1 is 1.13 bits per heavy atom. The van der Waals surface area contributed by atoms with Crippen molar-refractivity contribution < 1.29 is 17.9 Å². The van der Waals surface area contributed by atoms with Gasteiger partial charge in [-0.3, -0.25) is 14.2 Å². The fourth-order valence-corrected chi connectivity index (χ4v) is 4.94. The number of hydrogen-bond donors (Lipinski definition) is 2. The molecule has 0 saturated carbocycles. The number of thioether (sulfide) groups is 1. The van der Waals surface area contributed by atoms with Crippen molar-refractivity contribution >= 4 is 44.8 Å². The molecule has 0 aliphatic carbocycles. The summed E-state index contributed by atoms with van der Waals surface area (Å²) in [5, 5.41) is 10.0. The minimum atomic E-state index is -3.79. The van der Waals surface area contributed by atoms with Crippen molar-refractivity contribution in [1.82, 2.24) is 15.0 Å². The Morgan fingerprint density at radius 2 is 1.89 bits per heavy atom. The maximum absolute atomic E-state index is 13.3. The van der Waals surface area contributed by atoms with E-state index in [-0.39, 0.29) is 28.7 Å². The number of amides is 1. The summed E-state index contributed by atoms with van der Waals surface area (Å²) in [4.78, 5) is 30.3. The highest BCUT2D eigenvalue weighted by Crippen LogP contribution is 2.19. The minimum Gasteiger partial charge on any atom is -0.497 e. The van der Waals surface area contributed by atoms with E-state index in [0.29, 0.717) is 28.2 Å². The number of carbonyl (C=O) groups is 1. The van der Waals surface area contributed by atoms with Gasteiger partial charge in [0.05, 0.1) is 34.9 Å². The van der Waals surface area contributed by atoms with Crippen molar-refractivity contribution in [3.63, 3.8) is 0 Å². The van der Waals surface area contributed by atoms with Gasteiger partial charge in [0.2, 0.25) is 10.0 Å². The molecular weight excluding hydrogens is 526 g/mol. The van der Waals surface area contributed by atoms with Gasteiger partial charge in [-0.15, -0.1) is 0 Å². The van der Waals surface area contributed by atoms with E-state index in [9.17, 15) is 18.0 Å². The van der Waals surface area contributed by atoms with Crippen molar-refractivity contribution in [3.8, 4) is 5.75 Å². The van der Waals surface area contributed by atoms with Crippen LogP contribution in [0, 0.1) is 0 Å². The van der Waals surface area contributed by atoms with Gasteiger partial charge in [0.15, 0.2) is 5.16 Å². The maximum Gasteiger partial charge on any atom is 0.262 e. The van der Waals surface area contributed by atoms with Gasteiger partial charge in [-0.1, -0.05) is 48.2 Å². The smallest absolute Gasteiger partial charge is 0.262 e. The lowest BCUT2D eigenvalue weighted by Crippen LogP contribution is -2.26. The number of nitrogens with zero attached hydrogens (tertiary/aromatic N) is 3. The average molecular weight is 552 g/mol. The number of sulfonamides is 1. The zero-order chi connectivity index (χ0) is 27.1. The van der Waals surface area contributed by atoms with Crippen molar-refractivity contribution in [2.45, 2.75) is 23.0 Å². The first-order valence-corrected chi connectivity index (χ1v) is 14.0. The van der Waals surface area contributed by atoms with Gasteiger partial charge in [-0.25, -0.2) is 24.0 Å². The molecule has 3 aromatic carbocycles. The first kappa shape index (κ1) is 27.0. The Kier molecular flexibility index (Phi) is 8.56. The SMILES string of the molecule is COc1cccc(/C=N/NC(=O)CSc2nc3ccccc3c(=O)n2CCc2ccc(S(N)(=O)=O)cc2)c1. The third kappa shape index (κ3) is 6.85. The normalized spacial score (nSPS) is 11.6. The summed E-state index contributed by atoms with van der Waals surface area (Å²) in [7, 11) is -2.22. The molecule has 0 spiro atoms. The van der Waals surface area contributed by atoms with E-state index in [1.807, 2.05) is 18.2 Å². The first-order chi connectivity index (χ1) is 18.2. The van der Waals surface area contributed by atoms with E-state index in [0.717, 1.165) is 22.9 Å². The lowest BCUT2D eigenvalue weighted by atomic mass is 10.1. The molecule has 38 heavy (non-hydrogen) atoms. The molecule has 0 aliphatic heterocycles. The van der Waals surface area contributed by atoms with Gasteiger partial charge in [-0.05, 0) is 53.9 Å². The molecule has 0 aliphatic rings. The van der Waals surface area contributed by atoms with Crippen LogP contribution >= 0.6 is 11.8 Å². The molecule has 10 nitrogen and oxygen atoms in total. The number of aryl methyl sites for hydroxylation is 1. The van der Waals surface area contributed by atoms with E-state index in [4.69, 9.17) is 9.88 Å². The van der Waals surface area contributed by atoms with Crippen molar-refractivity contribution in [1.29, 1.82) is 0 Å². The van der Waals surface area contributed by atoms with Crippen LogP contribution in [0.15, 0.2) is 92.7 Å². The molecule has 196 valence electrons. The van der Waals surface area contributed by atoms with E-state index in [2.05, 4.69) is 15.5 Å². The third-order valence-electron chi connectivity index (χ3n) is 5.53. The number of primary sulfonamides is 1. The second-order valence-corrected chi connectivity index (χ2v) is 10.7. The quantitative estimate of drug-likeness (QED) is 0.133. The van der Waals surface area contributed by atoms with Gasteiger partial charge in [0.1, 0.15) is 5.75 Å². The Hall–Kier alpha value is -4.00. The maximum atomic E-state index is 13.3. The number of para-hydroxylation sites is 1. The van der Waals surface area contributed by atoms with Gasteiger partial charge < -0.3 is 4.74 Å². The Bertz CT molecular complexity index is 1650. The summed E-state index contributed by atoms with van der Waals surface area (Å²) in [5.74, 6) is 0.307. The molecule has 0 saturated heterocycles. The summed E-state index contributed by atoms with van der Waals surface area (Å²) in [6.45, 7) is 0.281.